The lowest BCUT2D eigenvalue weighted by Gasteiger charge is -2.34. The SMILES string of the molecule is CC(C)(C)OC(=O)N[C@@H]1CCCN(c2ccnc(Cl)c2[N+](=O)[O-])C1. The van der Waals surface area contributed by atoms with E-state index in [0.29, 0.717) is 18.8 Å². The first-order valence-corrected chi connectivity index (χ1v) is 8.08. The van der Waals surface area contributed by atoms with E-state index in [0.717, 1.165) is 12.8 Å². The number of amides is 1. The van der Waals surface area contributed by atoms with Gasteiger partial charge in [-0.1, -0.05) is 11.6 Å². The molecule has 1 aromatic rings. The summed E-state index contributed by atoms with van der Waals surface area (Å²) in [4.78, 5) is 28.3. The fourth-order valence-electron chi connectivity index (χ4n) is 2.63. The number of hydrogen-bond acceptors (Lipinski definition) is 6. The number of piperidine rings is 1. The van der Waals surface area contributed by atoms with Crippen LogP contribution in [-0.4, -0.2) is 40.7 Å². The number of hydrogen-bond donors (Lipinski definition) is 1. The molecule has 1 aliphatic rings. The maximum absolute atomic E-state index is 11.9. The Morgan fingerprint density at radius 2 is 2.25 bits per heavy atom. The minimum absolute atomic E-state index is 0.139. The van der Waals surface area contributed by atoms with Crippen LogP contribution in [-0.2, 0) is 4.74 Å². The molecular weight excluding hydrogens is 336 g/mol. The van der Waals surface area contributed by atoms with E-state index in [1.54, 1.807) is 26.8 Å². The van der Waals surface area contributed by atoms with Gasteiger partial charge in [0, 0.05) is 25.3 Å². The van der Waals surface area contributed by atoms with Gasteiger partial charge >= 0.3 is 11.8 Å². The van der Waals surface area contributed by atoms with Gasteiger partial charge in [0.15, 0.2) is 0 Å². The number of nitrogens with one attached hydrogen (secondary N) is 1. The van der Waals surface area contributed by atoms with E-state index in [-0.39, 0.29) is 16.9 Å². The molecule has 1 atom stereocenters. The number of pyridine rings is 1. The molecule has 1 aliphatic heterocycles. The highest BCUT2D eigenvalue weighted by molar-refractivity contribution is 6.32. The number of aromatic nitrogens is 1. The number of halogens is 1. The Hall–Kier alpha value is -2.09. The predicted molar refractivity (Wildman–Crippen MR) is 90.5 cm³/mol. The Balaban J connectivity index is 2.10. The summed E-state index contributed by atoms with van der Waals surface area (Å²) in [6, 6.07) is 1.42. The topological polar surface area (TPSA) is 97.6 Å². The molecule has 0 spiro atoms. The van der Waals surface area contributed by atoms with Crippen LogP contribution in [0, 0.1) is 10.1 Å². The van der Waals surface area contributed by atoms with Crippen molar-refractivity contribution in [1.82, 2.24) is 10.3 Å². The molecule has 0 aromatic carbocycles. The van der Waals surface area contributed by atoms with E-state index >= 15 is 0 Å². The lowest BCUT2D eigenvalue weighted by Crippen LogP contribution is -2.49. The van der Waals surface area contributed by atoms with Crippen LogP contribution in [0.3, 0.4) is 0 Å². The largest absolute Gasteiger partial charge is 0.444 e. The first-order chi connectivity index (χ1) is 11.2. The number of carbonyl (C=O) groups is 1. The summed E-state index contributed by atoms with van der Waals surface area (Å²) >= 11 is 5.87. The van der Waals surface area contributed by atoms with Gasteiger partial charge in [0.05, 0.1) is 4.92 Å². The van der Waals surface area contributed by atoms with Crippen LogP contribution >= 0.6 is 11.6 Å². The Labute approximate surface area is 145 Å². The Kier molecular flexibility index (Phi) is 5.48. The Bertz CT molecular complexity index is 632. The number of ether oxygens (including phenoxy) is 1. The highest BCUT2D eigenvalue weighted by atomic mass is 35.5. The average Bonchev–Trinajstić information content (AvgIpc) is 2.44. The van der Waals surface area contributed by atoms with Crippen LogP contribution in [0.1, 0.15) is 33.6 Å². The van der Waals surface area contributed by atoms with Gasteiger partial charge in [-0.15, -0.1) is 0 Å². The third kappa shape index (κ3) is 4.70. The molecule has 1 aromatic heterocycles. The minimum Gasteiger partial charge on any atom is -0.444 e. The molecule has 0 radical (unpaired) electrons. The van der Waals surface area contributed by atoms with Crippen LogP contribution in [0.4, 0.5) is 16.2 Å². The van der Waals surface area contributed by atoms with E-state index in [1.165, 1.54) is 6.20 Å². The van der Waals surface area contributed by atoms with Crippen LogP contribution in [0.25, 0.3) is 0 Å². The highest BCUT2D eigenvalue weighted by Gasteiger charge is 2.29. The van der Waals surface area contributed by atoms with E-state index in [1.807, 2.05) is 4.90 Å². The first-order valence-electron chi connectivity index (χ1n) is 7.71. The van der Waals surface area contributed by atoms with Crippen LogP contribution in [0.15, 0.2) is 12.3 Å². The van der Waals surface area contributed by atoms with Crippen molar-refractivity contribution in [2.24, 2.45) is 0 Å². The summed E-state index contributed by atoms with van der Waals surface area (Å²) in [5.41, 5.74) is -0.372. The van der Waals surface area contributed by atoms with Gasteiger partial charge in [-0.05, 0) is 39.7 Å². The monoisotopic (exact) mass is 356 g/mol. The summed E-state index contributed by atoms with van der Waals surface area (Å²) in [5, 5.41) is 13.9. The van der Waals surface area contributed by atoms with Gasteiger partial charge in [0.2, 0.25) is 5.15 Å². The summed E-state index contributed by atoms with van der Waals surface area (Å²) in [6.07, 6.45) is 2.52. The lowest BCUT2D eigenvalue weighted by atomic mass is 10.0. The van der Waals surface area contributed by atoms with Gasteiger partial charge in [-0.25, -0.2) is 9.78 Å². The van der Waals surface area contributed by atoms with Crippen LogP contribution in [0.5, 0.6) is 0 Å². The fraction of sp³-hybridized carbons (Fsp3) is 0.600. The number of rotatable bonds is 3. The number of anilines is 1. The molecule has 8 nitrogen and oxygen atoms in total. The molecule has 1 fully saturated rings. The molecule has 2 heterocycles. The molecule has 0 aliphatic carbocycles. The zero-order valence-corrected chi connectivity index (χ0v) is 14.7. The van der Waals surface area contributed by atoms with Gasteiger partial charge in [0.1, 0.15) is 11.3 Å². The van der Waals surface area contributed by atoms with Gasteiger partial charge in [-0.3, -0.25) is 10.1 Å². The van der Waals surface area contributed by atoms with Crippen molar-refractivity contribution in [2.75, 3.05) is 18.0 Å². The number of nitro groups is 1. The van der Waals surface area contributed by atoms with Crippen molar-refractivity contribution < 1.29 is 14.5 Å². The number of carbonyl (C=O) groups excluding carboxylic acids is 1. The smallest absolute Gasteiger partial charge is 0.407 e. The van der Waals surface area contributed by atoms with Crippen LogP contribution in [0.2, 0.25) is 5.15 Å². The molecule has 132 valence electrons. The van der Waals surface area contributed by atoms with Crippen molar-refractivity contribution >= 4 is 29.1 Å². The third-order valence-corrected chi connectivity index (χ3v) is 3.80. The van der Waals surface area contributed by atoms with Gasteiger partial charge in [-0.2, -0.15) is 0 Å². The molecular formula is C15H21ClN4O4. The number of nitrogens with zero attached hydrogens (tertiary/aromatic N) is 3. The van der Waals surface area contributed by atoms with Crippen molar-refractivity contribution in [3.63, 3.8) is 0 Å². The first kappa shape index (κ1) is 18.3. The second kappa shape index (κ2) is 7.21. The van der Waals surface area contributed by atoms with E-state index < -0.39 is 16.6 Å². The zero-order valence-electron chi connectivity index (χ0n) is 13.9. The standard InChI is InChI=1S/C15H21ClN4O4/c1-15(2,3)24-14(21)18-10-5-4-8-19(9-10)11-6-7-17-13(16)12(11)20(22)23/h6-7,10H,4-5,8-9H2,1-3H3,(H,18,21)/t10-/m1/s1. The summed E-state index contributed by atoms with van der Waals surface area (Å²) in [7, 11) is 0. The molecule has 2 rings (SSSR count). The number of alkyl carbamates (subject to hydrolysis) is 1. The summed E-state index contributed by atoms with van der Waals surface area (Å²) < 4.78 is 5.25. The van der Waals surface area contributed by atoms with E-state index in [2.05, 4.69) is 10.3 Å². The average molecular weight is 357 g/mol. The lowest BCUT2D eigenvalue weighted by molar-refractivity contribution is -0.384. The van der Waals surface area contributed by atoms with Crippen molar-refractivity contribution in [1.29, 1.82) is 0 Å². The normalized spacial score (nSPS) is 18.2. The maximum Gasteiger partial charge on any atom is 0.407 e. The van der Waals surface area contributed by atoms with Crippen molar-refractivity contribution in [2.45, 2.75) is 45.3 Å². The van der Waals surface area contributed by atoms with E-state index in [9.17, 15) is 14.9 Å². The second-order valence-electron chi connectivity index (χ2n) is 6.66. The molecule has 24 heavy (non-hydrogen) atoms. The minimum atomic E-state index is -0.574. The van der Waals surface area contributed by atoms with Crippen molar-refractivity contribution in [3.05, 3.63) is 27.5 Å². The third-order valence-electron chi connectivity index (χ3n) is 3.52. The summed E-state index contributed by atoms with van der Waals surface area (Å²) in [6.45, 7) is 6.47. The molecule has 1 saturated heterocycles. The van der Waals surface area contributed by atoms with E-state index in [4.69, 9.17) is 16.3 Å². The molecule has 1 amide bonds. The predicted octanol–water partition coefficient (Wildman–Crippen LogP) is 3.14. The van der Waals surface area contributed by atoms with Gasteiger partial charge in [0.25, 0.3) is 0 Å². The Morgan fingerprint density at radius 3 is 2.88 bits per heavy atom. The molecule has 1 N–H and O–H groups in total. The second-order valence-corrected chi connectivity index (χ2v) is 7.02. The molecule has 0 unspecified atom stereocenters. The molecule has 0 bridgehead atoms. The molecule has 0 saturated carbocycles. The van der Waals surface area contributed by atoms with Crippen LogP contribution < -0.4 is 10.2 Å². The Morgan fingerprint density at radius 1 is 1.54 bits per heavy atom. The zero-order chi connectivity index (χ0) is 17.9. The van der Waals surface area contributed by atoms with Gasteiger partial charge < -0.3 is 15.0 Å². The fourth-order valence-corrected chi connectivity index (χ4v) is 2.85. The molecule has 9 heteroatoms. The van der Waals surface area contributed by atoms with Crippen molar-refractivity contribution in [3.8, 4) is 0 Å². The quantitative estimate of drug-likeness (QED) is 0.507. The highest BCUT2D eigenvalue weighted by Crippen LogP contribution is 2.34. The maximum atomic E-state index is 11.9. The summed E-state index contributed by atoms with van der Waals surface area (Å²) in [5.74, 6) is 0.